The number of likely N-dealkylation sites (tertiary alicyclic amines) is 1. The number of nitrogen functional groups attached to an aromatic ring is 1. The van der Waals surface area contributed by atoms with E-state index in [0.717, 1.165) is 4.57 Å². The molecule has 9 nitrogen and oxygen atoms in total. The highest BCUT2D eigenvalue weighted by Crippen LogP contribution is 2.34. The smallest absolute Gasteiger partial charge is 0.320 e. The molecule has 1 unspecified atom stereocenters. The van der Waals surface area contributed by atoms with Gasteiger partial charge in [-0.1, -0.05) is 30.0 Å². The summed E-state index contributed by atoms with van der Waals surface area (Å²) in [6.07, 6.45) is 5.15. The highest BCUT2D eigenvalue weighted by atomic mass is 35.5. The number of ether oxygens (including phenoxy) is 1. The zero-order valence-electron chi connectivity index (χ0n) is 20.7. The van der Waals surface area contributed by atoms with Gasteiger partial charge in [0.2, 0.25) is 5.91 Å². The minimum absolute atomic E-state index is 0.104. The van der Waals surface area contributed by atoms with Crippen LogP contribution in [0.1, 0.15) is 36.0 Å². The van der Waals surface area contributed by atoms with Gasteiger partial charge in [0.15, 0.2) is 0 Å². The van der Waals surface area contributed by atoms with Crippen molar-refractivity contribution >= 4 is 45.4 Å². The molecule has 38 heavy (non-hydrogen) atoms. The Morgan fingerprint density at radius 2 is 2.11 bits per heavy atom. The van der Waals surface area contributed by atoms with E-state index in [1.807, 2.05) is 10.8 Å². The number of aromatic nitrogens is 5. The number of benzene rings is 1. The number of hydrogen-bond acceptors (Lipinski definition) is 6. The molecule has 1 aromatic carbocycles. The second kappa shape index (κ2) is 10.0. The Labute approximate surface area is 221 Å². The molecule has 1 fully saturated rings. The van der Waals surface area contributed by atoms with Crippen LogP contribution in [0.15, 0.2) is 37.3 Å². The fraction of sp³-hybridized carbons (Fsp3) is 0.308. The van der Waals surface area contributed by atoms with E-state index < -0.39 is 6.55 Å². The number of nitrogens with two attached hydrogens (primary N) is 1. The lowest BCUT2D eigenvalue weighted by Gasteiger charge is -2.22. The Morgan fingerprint density at radius 3 is 2.82 bits per heavy atom. The Bertz CT molecular complexity index is 1640. The zero-order chi connectivity index (χ0) is 27.1. The van der Waals surface area contributed by atoms with Crippen LogP contribution in [0, 0.1) is 18.8 Å². The molecule has 0 aliphatic carbocycles. The summed E-state index contributed by atoms with van der Waals surface area (Å²) in [7, 11) is 1.60. The maximum absolute atomic E-state index is 13.5. The van der Waals surface area contributed by atoms with Crippen LogP contribution in [0.5, 0.6) is 0 Å². The quantitative estimate of drug-likeness (QED) is 0.302. The minimum Gasteiger partial charge on any atom is -0.383 e. The van der Waals surface area contributed by atoms with Gasteiger partial charge in [0.05, 0.1) is 45.7 Å². The molecule has 4 aromatic rings. The van der Waals surface area contributed by atoms with Crippen molar-refractivity contribution in [3.63, 3.8) is 0 Å². The first-order chi connectivity index (χ1) is 18.2. The molecular weight excluding hydrogens is 516 g/mol. The molecule has 4 heterocycles. The second-order valence-electron chi connectivity index (χ2n) is 8.98. The van der Waals surface area contributed by atoms with Crippen molar-refractivity contribution in [3.8, 4) is 11.8 Å². The first kappa shape index (κ1) is 25.6. The van der Waals surface area contributed by atoms with Crippen LogP contribution in [-0.4, -0.2) is 61.2 Å². The average molecular weight is 540 g/mol. The maximum atomic E-state index is 13.5. The molecule has 196 valence electrons. The molecule has 0 radical (unpaired) electrons. The van der Waals surface area contributed by atoms with Gasteiger partial charge >= 0.3 is 6.55 Å². The SMILES string of the molecule is C=CC(=O)N1CC(n2cc(C#Cc3cc4nc(C)n(C(F)F)c4cc3Cl)c3c(N)ncnc32)C[C@@H]1COC. The largest absolute Gasteiger partial charge is 0.383 e. The van der Waals surface area contributed by atoms with Crippen molar-refractivity contribution in [2.75, 3.05) is 26.0 Å². The topological polar surface area (TPSA) is 104 Å². The Balaban J connectivity index is 1.57. The number of fused-ring (bicyclic) bond motifs is 2. The summed E-state index contributed by atoms with van der Waals surface area (Å²) in [5.74, 6) is 6.39. The van der Waals surface area contributed by atoms with Gasteiger partial charge in [-0.05, 0) is 31.6 Å². The van der Waals surface area contributed by atoms with Gasteiger partial charge in [-0.25, -0.2) is 15.0 Å². The van der Waals surface area contributed by atoms with Crippen molar-refractivity contribution < 1.29 is 18.3 Å². The summed E-state index contributed by atoms with van der Waals surface area (Å²) in [6, 6.07) is 2.80. The average Bonchev–Trinajstić information content (AvgIpc) is 3.55. The number of halogens is 3. The molecule has 0 spiro atoms. The Morgan fingerprint density at radius 1 is 1.34 bits per heavy atom. The molecule has 2 N–H and O–H groups in total. The molecule has 1 aliphatic heterocycles. The number of amides is 1. The number of hydrogen-bond donors (Lipinski definition) is 1. The second-order valence-corrected chi connectivity index (χ2v) is 9.39. The summed E-state index contributed by atoms with van der Waals surface area (Å²) < 4.78 is 35.0. The van der Waals surface area contributed by atoms with Crippen LogP contribution in [0.25, 0.3) is 22.1 Å². The lowest BCUT2D eigenvalue weighted by Crippen LogP contribution is -2.37. The fourth-order valence-electron chi connectivity index (χ4n) is 5.03. The van der Waals surface area contributed by atoms with Crippen LogP contribution in [0.2, 0.25) is 5.02 Å². The van der Waals surface area contributed by atoms with Gasteiger partial charge in [-0.15, -0.1) is 0 Å². The number of methoxy groups -OCH3 is 1. The lowest BCUT2D eigenvalue weighted by atomic mass is 10.1. The number of rotatable bonds is 5. The molecule has 5 rings (SSSR count). The van der Waals surface area contributed by atoms with Gasteiger partial charge in [-0.2, -0.15) is 8.78 Å². The highest BCUT2D eigenvalue weighted by Gasteiger charge is 2.36. The van der Waals surface area contributed by atoms with E-state index in [-0.39, 0.29) is 40.2 Å². The standard InChI is InChI=1S/C26H24ClF2N7O2/c1-4-22(37)34-11-17(8-18(34)12-38-3)35-10-16(23-24(30)31-13-32-25(23)35)6-5-15-7-20-21(9-19(15)27)36(26(28)29)14(2)33-20/h4,7,9-10,13,17-18,26H,1,8,11-12H2,2-3H3,(H2,30,31,32)/t17?,18-/m1/s1. The van der Waals surface area contributed by atoms with Crippen LogP contribution in [-0.2, 0) is 9.53 Å². The molecule has 3 aromatic heterocycles. The van der Waals surface area contributed by atoms with E-state index in [1.54, 1.807) is 18.1 Å². The van der Waals surface area contributed by atoms with Crippen LogP contribution in [0.3, 0.4) is 0 Å². The first-order valence-electron chi connectivity index (χ1n) is 11.7. The van der Waals surface area contributed by atoms with E-state index >= 15 is 0 Å². The summed E-state index contributed by atoms with van der Waals surface area (Å²) >= 11 is 6.42. The monoisotopic (exact) mass is 539 g/mol. The van der Waals surface area contributed by atoms with E-state index in [4.69, 9.17) is 22.1 Å². The molecule has 12 heteroatoms. The lowest BCUT2D eigenvalue weighted by molar-refractivity contribution is -0.127. The van der Waals surface area contributed by atoms with Crippen LogP contribution in [0.4, 0.5) is 14.6 Å². The Kier molecular flexibility index (Phi) is 6.77. The number of imidazole rings is 1. The predicted molar refractivity (Wildman–Crippen MR) is 140 cm³/mol. The zero-order valence-corrected chi connectivity index (χ0v) is 21.4. The summed E-state index contributed by atoms with van der Waals surface area (Å²) in [5, 5.41) is 0.795. The summed E-state index contributed by atoms with van der Waals surface area (Å²) in [6.45, 7) is 3.21. The minimum atomic E-state index is -2.74. The van der Waals surface area contributed by atoms with Gasteiger partial charge in [0.1, 0.15) is 23.6 Å². The third-order valence-corrected chi connectivity index (χ3v) is 7.04. The van der Waals surface area contributed by atoms with Gasteiger partial charge in [-0.3, -0.25) is 9.36 Å². The molecule has 0 bridgehead atoms. The molecule has 0 saturated carbocycles. The molecule has 1 aliphatic rings. The number of carbonyl (C=O) groups is 1. The number of anilines is 1. The number of alkyl halides is 2. The van der Waals surface area contributed by atoms with Crippen molar-refractivity contribution in [2.45, 2.75) is 32.0 Å². The third kappa shape index (κ3) is 4.36. The third-order valence-electron chi connectivity index (χ3n) is 6.72. The van der Waals surface area contributed by atoms with E-state index in [1.165, 1.54) is 25.4 Å². The highest BCUT2D eigenvalue weighted by molar-refractivity contribution is 6.32. The van der Waals surface area contributed by atoms with Gasteiger partial charge < -0.3 is 19.9 Å². The predicted octanol–water partition coefficient (Wildman–Crippen LogP) is 4.09. The van der Waals surface area contributed by atoms with Crippen molar-refractivity contribution in [1.29, 1.82) is 0 Å². The Hall–Kier alpha value is -4.01. The normalized spacial score (nSPS) is 17.4. The van der Waals surface area contributed by atoms with E-state index in [0.29, 0.717) is 47.2 Å². The van der Waals surface area contributed by atoms with Gasteiger partial charge in [0, 0.05) is 25.4 Å². The number of nitrogens with zero attached hydrogens (tertiary/aromatic N) is 6. The molecular formula is C26H24ClF2N7O2. The molecule has 1 amide bonds. The molecule has 1 saturated heterocycles. The number of aryl methyl sites for hydroxylation is 1. The van der Waals surface area contributed by atoms with Crippen molar-refractivity contribution in [3.05, 3.63) is 59.3 Å². The van der Waals surface area contributed by atoms with Crippen LogP contribution < -0.4 is 5.73 Å². The van der Waals surface area contributed by atoms with Crippen molar-refractivity contribution in [1.82, 2.24) is 29.0 Å². The summed E-state index contributed by atoms with van der Waals surface area (Å²) in [4.78, 5) is 27.0. The van der Waals surface area contributed by atoms with E-state index in [2.05, 4.69) is 33.4 Å². The first-order valence-corrected chi connectivity index (χ1v) is 12.1. The summed E-state index contributed by atoms with van der Waals surface area (Å²) in [5.41, 5.74) is 8.40. The van der Waals surface area contributed by atoms with Gasteiger partial charge in [0.25, 0.3) is 0 Å². The molecule has 2 atom stereocenters. The maximum Gasteiger partial charge on any atom is 0.320 e. The van der Waals surface area contributed by atoms with Crippen LogP contribution >= 0.6 is 11.6 Å². The number of carbonyl (C=O) groups excluding carboxylic acids is 1. The fourth-order valence-corrected chi connectivity index (χ4v) is 5.23. The van der Waals surface area contributed by atoms with Crippen molar-refractivity contribution in [2.24, 2.45) is 0 Å². The van der Waals surface area contributed by atoms with E-state index in [9.17, 15) is 13.6 Å².